The number of aliphatic imine (C=N–C) groups is 1. The van der Waals surface area contributed by atoms with Gasteiger partial charge in [-0.05, 0) is 48.7 Å². The van der Waals surface area contributed by atoms with Crippen molar-refractivity contribution in [2.24, 2.45) is 4.99 Å². The Morgan fingerprint density at radius 2 is 1.67 bits per heavy atom. The van der Waals surface area contributed by atoms with Gasteiger partial charge in [0, 0.05) is 28.5 Å². The summed E-state index contributed by atoms with van der Waals surface area (Å²) in [5.74, 6) is 0.0686. The van der Waals surface area contributed by atoms with Crippen molar-refractivity contribution in [1.82, 2.24) is 4.98 Å². The first-order valence-corrected chi connectivity index (χ1v) is 11.5. The van der Waals surface area contributed by atoms with E-state index in [1.165, 1.54) is 24.8 Å². The lowest BCUT2D eigenvalue weighted by molar-refractivity contribution is -0.192. The van der Waals surface area contributed by atoms with Gasteiger partial charge in [0.1, 0.15) is 5.75 Å². The molecule has 1 aromatic heterocycles. The molecule has 2 atom stereocenters. The first-order chi connectivity index (χ1) is 17.2. The third-order valence-corrected chi connectivity index (χ3v) is 6.56. The highest BCUT2D eigenvalue weighted by atomic mass is 19.4. The van der Waals surface area contributed by atoms with Gasteiger partial charge in [0.2, 0.25) is 0 Å². The number of nitrogens with zero attached hydrogens (tertiary/aromatic N) is 1. The quantitative estimate of drug-likeness (QED) is 0.475. The zero-order valence-electron chi connectivity index (χ0n) is 20.1. The highest BCUT2D eigenvalue weighted by molar-refractivity contribution is 6.15. The van der Waals surface area contributed by atoms with Crippen LogP contribution in [0, 0.1) is 0 Å². The van der Waals surface area contributed by atoms with Crippen molar-refractivity contribution < 1.29 is 37.3 Å². The van der Waals surface area contributed by atoms with Crippen LogP contribution in [0.4, 0.5) is 13.2 Å². The van der Waals surface area contributed by atoms with Crippen molar-refractivity contribution in [3.8, 4) is 17.2 Å². The lowest BCUT2D eigenvalue weighted by Gasteiger charge is -2.35. The molecule has 0 radical (unpaired) electrons. The summed E-state index contributed by atoms with van der Waals surface area (Å²) in [5.41, 5.74) is 5.57. The number of alkyl halides is 3. The van der Waals surface area contributed by atoms with E-state index in [2.05, 4.69) is 29.2 Å². The van der Waals surface area contributed by atoms with Gasteiger partial charge in [-0.25, -0.2) is 4.79 Å². The summed E-state index contributed by atoms with van der Waals surface area (Å²) >= 11 is 0. The van der Waals surface area contributed by atoms with Gasteiger partial charge in [-0.2, -0.15) is 13.2 Å². The maximum atomic E-state index is 10.6. The van der Waals surface area contributed by atoms with Crippen LogP contribution in [-0.4, -0.2) is 55.3 Å². The third kappa shape index (κ3) is 4.98. The summed E-state index contributed by atoms with van der Waals surface area (Å²) in [5, 5.41) is 8.27. The number of methoxy groups -OCH3 is 3. The Morgan fingerprint density at radius 3 is 2.31 bits per heavy atom. The summed E-state index contributed by atoms with van der Waals surface area (Å²) in [6.07, 6.45) is -0.277. The zero-order chi connectivity index (χ0) is 26.0. The van der Waals surface area contributed by atoms with Gasteiger partial charge in [-0.3, -0.25) is 4.99 Å². The molecule has 1 fully saturated rings. The molecular weight excluding hydrogens is 477 g/mol. The van der Waals surface area contributed by atoms with Crippen LogP contribution >= 0.6 is 0 Å². The molecule has 2 N–H and O–H groups in total. The molecule has 192 valence electrons. The van der Waals surface area contributed by atoms with Crippen LogP contribution in [-0.2, 0) is 4.79 Å². The van der Waals surface area contributed by atoms with Crippen molar-refractivity contribution in [3.63, 3.8) is 0 Å². The van der Waals surface area contributed by atoms with E-state index in [0.29, 0.717) is 12.0 Å². The Bertz CT molecular complexity index is 1300. The summed E-state index contributed by atoms with van der Waals surface area (Å²) in [6, 6.07) is 12.9. The molecule has 7 nitrogen and oxygen atoms in total. The number of carboxylic acid groups (broad SMARTS) is 1. The molecule has 1 saturated carbocycles. The number of nitrogens with one attached hydrogen (secondary N) is 1. The van der Waals surface area contributed by atoms with E-state index in [1.54, 1.807) is 21.3 Å². The van der Waals surface area contributed by atoms with Gasteiger partial charge in [-0.15, -0.1) is 0 Å². The highest BCUT2D eigenvalue weighted by Crippen LogP contribution is 2.44. The fourth-order valence-corrected chi connectivity index (χ4v) is 4.85. The molecule has 2 aliphatic rings. The first-order valence-electron chi connectivity index (χ1n) is 11.5. The minimum atomic E-state index is -5.08. The number of fused-ring (bicyclic) bond motifs is 4. The number of halogens is 3. The summed E-state index contributed by atoms with van der Waals surface area (Å²) in [4.78, 5) is 17.7. The number of H-pyrrole nitrogens is 1. The molecule has 10 heteroatoms. The average Bonchev–Trinajstić information content (AvgIpc) is 3.30. The minimum Gasteiger partial charge on any atom is -0.497 e. The molecule has 0 saturated heterocycles. The van der Waals surface area contributed by atoms with Gasteiger partial charge in [-0.1, -0.05) is 12.8 Å². The molecule has 1 aliphatic heterocycles. The molecule has 2 aromatic carbocycles. The van der Waals surface area contributed by atoms with Gasteiger partial charge in [0.15, 0.2) is 11.5 Å². The second kappa shape index (κ2) is 10.1. The maximum Gasteiger partial charge on any atom is 0.490 e. The van der Waals surface area contributed by atoms with Crippen LogP contribution in [0.5, 0.6) is 17.2 Å². The molecule has 0 spiro atoms. The van der Waals surface area contributed by atoms with Crippen molar-refractivity contribution in [1.29, 1.82) is 0 Å². The second-order valence-corrected chi connectivity index (χ2v) is 8.67. The van der Waals surface area contributed by atoms with Crippen LogP contribution in [0.25, 0.3) is 10.9 Å². The molecule has 0 unspecified atom stereocenters. The topological polar surface area (TPSA) is 93.1 Å². The molecule has 1 aliphatic carbocycles. The fraction of sp³-hybridized carbons (Fsp3) is 0.385. The van der Waals surface area contributed by atoms with Crippen LogP contribution in [0.3, 0.4) is 0 Å². The highest BCUT2D eigenvalue weighted by Gasteiger charge is 2.38. The van der Waals surface area contributed by atoms with E-state index >= 15 is 0 Å². The molecule has 0 amide bonds. The predicted octanol–water partition coefficient (Wildman–Crippen LogP) is 5.70. The number of hydrogen-bond acceptors (Lipinski definition) is 5. The number of carbonyl (C=O) groups is 1. The van der Waals surface area contributed by atoms with Crippen molar-refractivity contribution in [3.05, 3.63) is 53.2 Å². The van der Waals surface area contributed by atoms with Crippen molar-refractivity contribution in [2.75, 3.05) is 21.3 Å². The first kappa shape index (κ1) is 25.4. The van der Waals surface area contributed by atoms with Crippen LogP contribution in [0.15, 0.2) is 41.4 Å². The SMILES string of the molecule is COc1ccc2cc(C3=N[C@H]4CCCC[C@H]4c4cc(OC)c(OC)cc43)[nH]c2c1.O=C(O)C(F)(F)F. The van der Waals surface area contributed by atoms with E-state index < -0.39 is 12.1 Å². The third-order valence-electron chi connectivity index (χ3n) is 6.56. The number of aliphatic carboxylic acids is 1. The normalized spacial score (nSPS) is 18.8. The number of ether oxygens (including phenoxy) is 3. The molecule has 5 rings (SSSR count). The van der Waals surface area contributed by atoms with E-state index in [-0.39, 0.29) is 0 Å². The van der Waals surface area contributed by atoms with Crippen molar-refractivity contribution >= 4 is 22.6 Å². The Hall–Kier alpha value is -3.69. The molecule has 3 aromatic rings. The Balaban J connectivity index is 0.000000384. The maximum absolute atomic E-state index is 10.6. The van der Waals surface area contributed by atoms with E-state index in [0.717, 1.165) is 51.5 Å². The van der Waals surface area contributed by atoms with Crippen LogP contribution < -0.4 is 14.2 Å². The Labute approximate surface area is 205 Å². The molecule has 2 heterocycles. The van der Waals surface area contributed by atoms with E-state index in [4.69, 9.17) is 29.1 Å². The average molecular weight is 505 g/mol. The number of aromatic amines is 1. The number of carboxylic acids is 1. The molecule has 36 heavy (non-hydrogen) atoms. The summed E-state index contributed by atoms with van der Waals surface area (Å²) < 4.78 is 48.3. The number of rotatable bonds is 4. The van der Waals surface area contributed by atoms with Gasteiger partial charge < -0.3 is 24.3 Å². The summed E-state index contributed by atoms with van der Waals surface area (Å²) in [6.45, 7) is 0. The lowest BCUT2D eigenvalue weighted by atomic mass is 9.75. The van der Waals surface area contributed by atoms with E-state index in [1.807, 2.05) is 12.1 Å². The van der Waals surface area contributed by atoms with E-state index in [9.17, 15) is 13.2 Å². The zero-order valence-corrected chi connectivity index (χ0v) is 20.1. The molecule has 0 bridgehead atoms. The number of benzene rings is 2. The van der Waals surface area contributed by atoms with Gasteiger partial charge in [0.05, 0.1) is 38.8 Å². The number of hydrogen-bond donors (Lipinski definition) is 2. The predicted molar refractivity (Wildman–Crippen MR) is 129 cm³/mol. The number of aromatic nitrogens is 1. The Morgan fingerprint density at radius 1 is 1.00 bits per heavy atom. The monoisotopic (exact) mass is 504 g/mol. The minimum absolute atomic E-state index is 0.324. The largest absolute Gasteiger partial charge is 0.497 e. The van der Waals surface area contributed by atoms with Crippen molar-refractivity contribution in [2.45, 2.75) is 43.8 Å². The summed E-state index contributed by atoms with van der Waals surface area (Å²) in [7, 11) is 5.07. The lowest BCUT2D eigenvalue weighted by Crippen LogP contribution is -2.29. The van der Waals surface area contributed by atoms with Crippen LogP contribution in [0.1, 0.15) is 48.4 Å². The van der Waals surface area contributed by atoms with Gasteiger partial charge >= 0.3 is 12.1 Å². The van der Waals surface area contributed by atoms with Crippen LogP contribution in [0.2, 0.25) is 0 Å². The fourth-order valence-electron chi connectivity index (χ4n) is 4.85. The second-order valence-electron chi connectivity index (χ2n) is 8.67. The smallest absolute Gasteiger partial charge is 0.490 e. The Kier molecular flexibility index (Phi) is 7.14. The molecular formula is C26H27F3N2O5. The van der Waals surface area contributed by atoms with Gasteiger partial charge in [0.25, 0.3) is 0 Å². The standard InChI is InChI=1S/C24H26N2O3.C2HF3O2/c1-27-15-9-8-14-10-21(25-20(14)11-15)24-18-13-23(29-3)22(28-2)12-17(18)16-6-4-5-7-19(16)26-24;3-2(4,5)1(6)7/h8-13,16,19,25H,4-7H2,1-3H3;(H,6,7)/t16-,19-;/m0./s1.